The van der Waals surface area contributed by atoms with Crippen LogP contribution in [0.2, 0.25) is 0 Å². The lowest BCUT2D eigenvalue weighted by Gasteiger charge is -2.44. The zero-order valence-corrected chi connectivity index (χ0v) is 12.7. The van der Waals surface area contributed by atoms with Gasteiger partial charge in [0.25, 0.3) is 0 Å². The summed E-state index contributed by atoms with van der Waals surface area (Å²) in [5.74, 6) is 0.935. The van der Waals surface area contributed by atoms with Crippen molar-refractivity contribution in [2.75, 3.05) is 13.1 Å². The van der Waals surface area contributed by atoms with Crippen molar-refractivity contribution in [3.63, 3.8) is 0 Å². The van der Waals surface area contributed by atoms with Gasteiger partial charge in [0.1, 0.15) is 0 Å². The van der Waals surface area contributed by atoms with Crippen molar-refractivity contribution >= 4 is 0 Å². The Balaban J connectivity index is 1.80. The van der Waals surface area contributed by atoms with Crippen molar-refractivity contribution in [1.82, 2.24) is 4.90 Å². The van der Waals surface area contributed by atoms with Crippen LogP contribution < -0.4 is 5.73 Å². The zero-order chi connectivity index (χ0) is 13.9. The fourth-order valence-electron chi connectivity index (χ4n) is 4.31. The standard InChI is InChI=1S/C18H28N2/c1-2-14-6-5-8-16(12-14)20-11-10-15-7-3-4-9-17(15)18(20)13-19/h3-4,7,9,14,16,18H,2,5-6,8,10-13,19H2,1H3. The van der Waals surface area contributed by atoms with Crippen LogP contribution in [0.25, 0.3) is 0 Å². The van der Waals surface area contributed by atoms with Crippen LogP contribution in [0.1, 0.15) is 56.2 Å². The molecule has 1 aromatic rings. The van der Waals surface area contributed by atoms with Gasteiger partial charge in [0.2, 0.25) is 0 Å². The minimum absolute atomic E-state index is 0.445. The number of rotatable bonds is 3. The number of nitrogens with zero attached hydrogens (tertiary/aromatic N) is 1. The molecule has 1 aliphatic carbocycles. The van der Waals surface area contributed by atoms with Crippen LogP contribution in [-0.2, 0) is 6.42 Å². The maximum Gasteiger partial charge on any atom is 0.0476 e. The highest BCUT2D eigenvalue weighted by Crippen LogP contribution is 2.37. The lowest BCUT2D eigenvalue weighted by Crippen LogP contribution is -2.47. The Morgan fingerprint density at radius 2 is 2.10 bits per heavy atom. The van der Waals surface area contributed by atoms with Gasteiger partial charge in [0, 0.05) is 25.2 Å². The zero-order valence-electron chi connectivity index (χ0n) is 12.7. The van der Waals surface area contributed by atoms with E-state index in [-0.39, 0.29) is 0 Å². The Labute approximate surface area is 123 Å². The van der Waals surface area contributed by atoms with E-state index in [1.165, 1.54) is 56.2 Å². The normalized spacial score (nSPS) is 31.0. The van der Waals surface area contributed by atoms with E-state index in [1.807, 2.05) is 0 Å². The van der Waals surface area contributed by atoms with Crippen LogP contribution in [0.15, 0.2) is 24.3 Å². The molecule has 0 bridgehead atoms. The van der Waals surface area contributed by atoms with Crippen LogP contribution in [0.5, 0.6) is 0 Å². The van der Waals surface area contributed by atoms with Crippen LogP contribution in [0.3, 0.4) is 0 Å². The molecule has 2 aliphatic rings. The summed E-state index contributed by atoms with van der Waals surface area (Å²) in [5.41, 5.74) is 9.14. The molecule has 3 atom stereocenters. The van der Waals surface area contributed by atoms with Gasteiger partial charge < -0.3 is 5.73 Å². The van der Waals surface area contributed by atoms with Gasteiger partial charge in [-0.2, -0.15) is 0 Å². The summed E-state index contributed by atoms with van der Waals surface area (Å²) in [6.45, 7) is 4.29. The minimum Gasteiger partial charge on any atom is -0.329 e. The molecule has 0 amide bonds. The molecular formula is C18H28N2. The summed E-state index contributed by atoms with van der Waals surface area (Å²) in [7, 11) is 0. The average Bonchev–Trinajstić information content (AvgIpc) is 2.53. The van der Waals surface area contributed by atoms with Crippen molar-refractivity contribution in [2.24, 2.45) is 11.7 Å². The molecule has 1 saturated carbocycles. The molecule has 0 spiro atoms. The highest BCUT2D eigenvalue weighted by atomic mass is 15.2. The maximum atomic E-state index is 6.14. The fourth-order valence-corrected chi connectivity index (χ4v) is 4.31. The third kappa shape index (κ3) is 2.64. The lowest BCUT2D eigenvalue weighted by molar-refractivity contribution is 0.0800. The summed E-state index contributed by atoms with van der Waals surface area (Å²) >= 11 is 0. The van der Waals surface area contributed by atoms with Gasteiger partial charge in [-0.25, -0.2) is 0 Å². The first-order valence-corrected chi connectivity index (χ1v) is 8.37. The van der Waals surface area contributed by atoms with Gasteiger partial charge in [-0.05, 0) is 36.3 Å². The molecule has 3 unspecified atom stereocenters. The Hall–Kier alpha value is -0.860. The van der Waals surface area contributed by atoms with Gasteiger partial charge in [-0.15, -0.1) is 0 Å². The van der Waals surface area contributed by atoms with Crippen molar-refractivity contribution in [2.45, 2.75) is 57.5 Å². The second-order valence-electron chi connectivity index (χ2n) is 6.53. The highest BCUT2D eigenvalue weighted by Gasteiger charge is 2.33. The summed E-state index contributed by atoms with van der Waals surface area (Å²) in [5, 5.41) is 0. The quantitative estimate of drug-likeness (QED) is 0.912. The molecule has 1 fully saturated rings. The van der Waals surface area contributed by atoms with Gasteiger partial charge in [0.05, 0.1) is 0 Å². The molecule has 0 saturated heterocycles. The highest BCUT2D eigenvalue weighted by molar-refractivity contribution is 5.33. The maximum absolute atomic E-state index is 6.14. The molecule has 0 aromatic heterocycles. The summed E-state index contributed by atoms with van der Waals surface area (Å²) in [6.07, 6.45) is 8.13. The van der Waals surface area contributed by atoms with Gasteiger partial charge >= 0.3 is 0 Å². The smallest absolute Gasteiger partial charge is 0.0476 e. The first-order valence-electron chi connectivity index (χ1n) is 8.37. The van der Waals surface area contributed by atoms with Crippen molar-refractivity contribution in [3.8, 4) is 0 Å². The van der Waals surface area contributed by atoms with Crippen LogP contribution in [0.4, 0.5) is 0 Å². The number of hydrogen-bond acceptors (Lipinski definition) is 2. The van der Waals surface area contributed by atoms with E-state index in [0.29, 0.717) is 6.04 Å². The summed E-state index contributed by atoms with van der Waals surface area (Å²) in [4.78, 5) is 2.73. The van der Waals surface area contributed by atoms with E-state index in [0.717, 1.165) is 18.5 Å². The Morgan fingerprint density at radius 3 is 2.90 bits per heavy atom. The molecular weight excluding hydrogens is 244 g/mol. The Kier molecular flexibility index (Phi) is 4.42. The topological polar surface area (TPSA) is 29.3 Å². The third-order valence-electron chi connectivity index (χ3n) is 5.48. The van der Waals surface area contributed by atoms with Gasteiger partial charge in [0.15, 0.2) is 0 Å². The average molecular weight is 272 g/mol. The van der Waals surface area contributed by atoms with E-state index >= 15 is 0 Å². The molecule has 110 valence electrons. The number of fused-ring (bicyclic) bond motifs is 1. The van der Waals surface area contributed by atoms with E-state index in [9.17, 15) is 0 Å². The predicted molar refractivity (Wildman–Crippen MR) is 84.7 cm³/mol. The fraction of sp³-hybridized carbons (Fsp3) is 0.667. The largest absolute Gasteiger partial charge is 0.329 e. The van der Waals surface area contributed by atoms with E-state index < -0.39 is 0 Å². The molecule has 2 heteroatoms. The first kappa shape index (κ1) is 14.1. The monoisotopic (exact) mass is 272 g/mol. The van der Waals surface area contributed by atoms with Crippen LogP contribution in [0, 0.1) is 5.92 Å². The van der Waals surface area contributed by atoms with E-state index in [1.54, 1.807) is 0 Å². The first-order chi connectivity index (χ1) is 9.83. The molecule has 1 aromatic carbocycles. The van der Waals surface area contributed by atoms with Crippen molar-refractivity contribution < 1.29 is 0 Å². The molecule has 2 N–H and O–H groups in total. The van der Waals surface area contributed by atoms with Crippen molar-refractivity contribution in [3.05, 3.63) is 35.4 Å². The Morgan fingerprint density at radius 1 is 1.25 bits per heavy atom. The van der Waals surface area contributed by atoms with Crippen LogP contribution in [-0.4, -0.2) is 24.0 Å². The van der Waals surface area contributed by atoms with Gasteiger partial charge in [-0.1, -0.05) is 50.5 Å². The molecule has 1 heterocycles. The Bertz CT molecular complexity index is 443. The minimum atomic E-state index is 0.445. The summed E-state index contributed by atoms with van der Waals surface area (Å²) < 4.78 is 0. The molecule has 3 rings (SSSR count). The molecule has 20 heavy (non-hydrogen) atoms. The third-order valence-corrected chi connectivity index (χ3v) is 5.48. The predicted octanol–water partition coefficient (Wildman–Crippen LogP) is 3.51. The lowest BCUT2D eigenvalue weighted by atomic mass is 9.81. The van der Waals surface area contributed by atoms with Crippen molar-refractivity contribution in [1.29, 1.82) is 0 Å². The second-order valence-corrected chi connectivity index (χ2v) is 6.53. The number of hydrogen-bond donors (Lipinski definition) is 1. The van der Waals surface area contributed by atoms with E-state index in [2.05, 4.69) is 36.1 Å². The SMILES string of the molecule is CCC1CCCC(N2CCc3ccccc3C2CN)C1. The number of nitrogens with two attached hydrogens (primary N) is 1. The number of benzene rings is 1. The molecule has 1 aliphatic heterocycles. The second kappa shape index (κ2) is 6.28. The van der Waals surface area contributed by atoms with E-state index in [4.69, 9.17) is 5.73 Å². The van der Waals surface area contributed by atoms with Gasteiger partial charge in [-0.3, -0.25) is 4.90 Å². The molecule has 0 radical (unpaired) electrons. The van der Waals surface area contributed by atoms with Crippen LogP contribution >= 0.6 is 0 Å². The molecule has 2 nitrogen and oxygen atoms in total. The summed E-state index contributed by atoms with van der Waals surface area (Å²) in [6, 6.07) is 10.1.